The van der Waals surface area contributed by atoms with Crippen LogP contribution in [-0.4, -0.2) is 23.9 Å². The molecule has 0 aliphatic carbocycles. The van der Waals surface area contributed by atoms with Crippen LogP contribution < -0.4 is 29.1 Å². The van der Waals surface area contributed by atoms with E-state index in [0.717, 1.165) is 16.9 Å². The molecule has 1 atom stereocenters. The zero-order chi connectivity index (χ0) is 31.6. The minimum absolute atomic E-state index is 0.140. The fraction of sp³-hybridized carbons (Fsp3) is 0.139. The van der Waals surface area contributed by atoms with Gasteiger partial charge in [0.15, 0.2) is 16.3 Å². The van der Waals surface area contributed by atoms with Gasteiger partial charge in [0.25, 0.3) is 5.56 Å². The summed E-state index contributed by atoms with van der Waals surface area (Å²) in [6.45, 7) is 2.43. The number of fused-ring (bicyclic) bond motifs is 2. The molecule has 8 nitrogen and oxygen atoms in total. The highest BCUT2D eigenvalue weighted by Crippen LogP contribution is 2.35. The molecule has 2 aliphatic heterocycles. The van der Waals surface area contributed by atoms with Gasteiger partial charge in [-0.1, -0.05) is 72.0 Å². The maximum atomic E-state index is 14.0. The molecule has 0 bridgehead atoms. The Morgan fingerprint density at radius 1 is 1.00 bits per heavy atom. The van der Waals surface area contributed by atoms with Crippen LogP contribution in [0.1, 0.15) is 35.2 Å². The van der Waals surface area contributed by atoms with Gasteiger partial charge in [0.05, 0.1) is 28.5 Å². The molecule has 46 heavy (non-hydrogen) atoms. The Kier molecular flexibility index (Phi) is 7.94. The van der Waals surface area contributed by atoms with Crippen LogP contribution in [0.3, 0.4) is 0 Å². The molecule has 0 saturated carbocycles. The predicted octanol–water partition coefficient (Wildman–Crippen LogP) is 5.38. The van der Waals surface area contributed by atoms with Crippen molar-refractivity contribution in [2.45, 2.75) is 19.6 Å². The summed E-state index contributed by atoms with van der Waals surface area (Å²) in [6, 6.07) is 27.3. The number of halogens is 1. The van der Waals surface area contributed by atoms with E-state index in [1.54, 1.807) is 25.1 Å². The summed E-state index contributed by atoms with van der Waals surface area (Å²) in [5.74, 6) is 1.06. The Morgan fingerprint density at radius 3 is 2.52 bits per heavy atom. The molecule has 5 aromatic rings. The van der Waals surface area contributed by atoms with E-state index in [0.29, 0.717) is 44.3 Å². The highest BCUT2D eigenvalue weighted by molar-refractivity contribution is 7.07. The fourth-order valence-electron chi connectivity index (χ4n) is 5.41. The van der Waals surface area contributed by atoms with E-state index >= 15 is 0 Å². The summed E-state index contributed by atoms with van der Waals surface area (Å²) in [7, 11) is 0. The summed E-state index contributed by atoms with van der Waals surface area (Å²) in [5, 5.41) is 0. The molecule has 3 heterocycles. The highest BCUT2D eigenvalue weighted by atomic mass is 32.1. The minimum atomic E-state index is -0.875. The summed E-state index contributed by atoms with van der Waals surface area (Å²) in [5.41, 5.74) is 3.29. The topological polar surface area (TPSA) is 88.4 Å². The van der Waals surface area contributed by atoms with Crippen LogP contribution in [0.25, 0.3) is 11.8 Å². The quantitative estimate of drug-likeness (QED) is 0.213. The number of aromatic nitrogens is 1. The van der Waals surface area contributed by atoms with Crippen molar-refractivity contribution in [1.82, 2.24) is 4.57 Å². The molecule has 1 aromatic heterocycles. The van der Waals surface area contributed by atoms with Crippen LogP contribution in [0, 0.1) is 5.82 Å². The van der Waals surface area contributed by atoms with Crippen LogP contribution in [-0.2, 0) is 16.1 Å². The lowest BCUT2D eigenvalue weighted by Gasteiger charge is -2.25. The van der Waals surface area contributed by atoms with Crippen LogP contribution in [0.2, 0.25) is 0 Å². The molecule has 0 N–H and O–H groups in total. The van der Waals surface area contributed by atoms with Crippen molar-refractivity contribution in [3.63, 3.8) is 0 Å². The number of carbonyl (C=O) groups excluding carboxylic acids is 1. The molecule has 4 aromatic carbocycles. The van der Waals surface area contributed by atoms with Gasteiger partial charge in [-0.2, -0.15) is 0 Å². The normalized spacial score (nSPS) is 15.3. The SMILES string of the molecule is CCOC(=O)C1=C(c2ccccc2)N=c2s/c(=C\c3ccc(OCc4ccc5c(c4)OCO5)cc3)c(=O)n2[C@@H]1c1ccc(F)cc1. The maximum Gasteiger partial charge on any atom is 0.338 e. The smallest absolute Gasteiger partial charge is 0.338 e. The molecule has 0 amide bonds. The van der Waals surface area contributed by atoms with E-state index in [-0.39, 0.29) is 24.5 Å². The van der Waals surface area contributed by atoms with Crippen LogP contribution in [0.4, 0.5) is 4.39 Å². The van der Waals surface area contributed by atoms with Gasteiger partial charge in [-0.25, -0.2) is 14.2 Å². The predicted molar refractivity (Wildman–Crippen MR) is 171 cm³/mol. The van der Waals surface area contributed by atoms with Gasteiger partial charge >= 0.3 is 5.97 Å². The fourth-order valence-corrected chi connectivity index (χ4v) is 6.41. The lowest BCUT2D eigenvalue weighted by Crippen LogP contribution is -2.40. The van der Waals surface area contributed by atoms with Gasteiger partial charge in [0, 0.05) is 5.56 Å². The Bertz CT molecular complexity index is 2140. The monoisotopic (exact) mass is 634 g/mol. The first kappa shape index (κ1) is 29.2. The summed E-state index contributed by atoms with van der Waals surface area (Å²) >= 11 is 1.22. The van der Waals surface area contributed by atoms with Crippen molar-refractivity contribution in [3.8, 4) is 17.2 Å². The summed E-state index contributed by atoms with van der Waals surface area (Å²) in [4.78, 5) is 32.8. The Morgan fingerprint density at radius 2 is 1.76 bits per heavy atom. The highest BCUT2D eigenvalue weighted by Gasteiger charge is 2.35. The number of hydrogen-bond acceptors (Lipinski definition) is 8. The van der Waals surface area contributed by atoms with E-state index in [4.69, 9.17) is 23.9 Å². The second-order valence-corrected chi connectivity index (χ2v) is 11.5. The Hall–Kier alpha value is -5.48. The summed E-state index contributed by atoms with van der Waals surface area (Å²) in [6.07, 6.45) is 1.78. The third-order valence-corrected chi connectivity index (χ3v) is 8.56. The number of thiazole rings is 1. The van der Waals surface area contributed by atoms with Gasteiger partial charge in [-0.3, -0.25) is 9.36 Å². The Labute approximate surface area is 266 Å². The van der Waals surface area contributed by atoms with Crippen molar-refractivity contribution in [3.05, 3.63) is 150 Å². The third-order valence-electron chi connectivity index (χ3n) is 7.58. The van der Waals surface area contributed by atoms with Crippen molar-refractivity contribution in [2.24, 2.45) is 4.99 Å². The summed E-state index contributed by atoms with van der Waals surface area (Å²) < 4.78 is 38.1. The zero-order valence-corrected chi connectivity index (χ0v) is 25.5. The first-order valence-corrected chi connectivity index (χ1v) is 15.5. The Balaban J connectivity index is 1.26. The van der Waals surface area contributed by atoms with Crippen molar-refractivity contribution >= 4 is 29.1 Å². The van der Waals surface area contributed by atoms with E-state index in [9.17, 15) is 14.0 Å². The number of rotatable bonds is 8. The molecule has 0 spiro atoms. The van der Waals surface area contributed by atoms with E-state index in [1.165, 1.54) is 28.0 Å². The molecule has 0 saturated heterocycles. The molecule has 0 fully saturated rings. The first-order chi connectivity index (χ1) is 22.5. The molecule has 7 rings (SSSR count). The van der Waals surface area contributed by atoms with Gasteiger partial charge in [-0.05, 0) is 66.1 Å². The largest absolute Gasteiger partial charge is 0.489 e. The van der Waals surface area contributed by atoms with E-state index < -0.39 is 17.8 Å². The first-order valence-electron chi connectivity index (χ1n) is 14.6. The molecular formula is C36H27FN2O6S. The van der Waals surface area contributed by atoms with Gasteiger partial charge < -0.3 is 18.9 Å². The molecule has 2 aliphatic rings. The minimum Gasteiger partial charge on any atom is -0.489 e. The number of benzene rings is 4. The van der Waals surface area contributed by atoms with Crippen molar-refractivity contribution in [1.29, 1.82) is 0 Å². The standard InChI is InChI=1S/C36H27FN2O6S/c1-2-42-35(41)31-32(24-6-4-3-5-7-24)38-36-39(33(31)25-11-13-26(37)14-12-25)34(40)30(46-36)19-22-8-15-27(16-9-22)43-20-23-10-17-28-29(18-23)45-21-44-28/h3-19,33H,2,20-21H2,1H3/b30-19-/t33-/m1/s1. The van der Waals surface area contributed by atoms with E-state index in [2.05, 4.69) is 0 Å². The molecular weight excluding hydrogens is 607 g/mol. The maximum absolute atomic E-state index is 14.0. The van der Waals surface area contributed by atoms with Gasteiger partial charge in [-0.15, -0.1) is 0 Å². The second-order valence-electron chi connectivity index (χ2n) is 10.5. The van der Waals surface area contributed by atoms with Crippen LogP contribution in [0.15, 0.2) is 112 Å². The van der Waals surface area contributed by atoms with E-state index in [1.807, 2.05) is 72.8 Å². The number of nitrogens with zero attached hydrogens (tertiary/aromatic N) is 2. The number of carbonyl (C=O) groups is 1. The van der Waals surface area contributed by atoms with Crippen molar-refractivity contribution < 1.29 is 28.1 Å². The third kappa shape index (κ3) is 5.70. The lowest BCUT2D eigenvalue weighted by molar-refractivity contribution is -0.138. The molecule has 230 valence electrons. The average molecular weight is 635 g/mol. The second kappa shape index (κ2) is 12.5. The number of ether oxygens (including phenoxy) is 4. The molecule has 0 radical (unpaired) electrons. The number of esters is 1. The van der Waals surface area contributed by atoms with Gasteiger partial charge in [0.2, 0.25) is 6.79 Å². The van der Waals surface area contributed by atoms with Gasteiger partial charge in [0.1, 0.15) is 18.2 Å². The van der Waals surface area contributed by atoms with Crippen LogP contribution >= 0.6 is 11.3 Å². The average Bonchev–Trinajstić information content (AvgIpc) is 3.68. The molecule has 10 heteroatoms. The van der Waals surface area contributed by atoms with Crippen LogP contribution in [0.5, 0.6) is 17.2 Å². The lowest BCUT2D eigenvalue weighted by atomic mass is 9.93. The van der Waals surface area contributed by atoms with Crippen molar-refractivity contribution in [2.75, 3.05) is 13.4 Å². The zero-order valence-electron chi connectivity index (χ0n) is 24.6. The molecule has 0 unspecified atom stereocenters. The number of hydrogen-bond donors (Lipinski definition) is 0.